The molecule has 0 saturated carbocycles. The number of imidazole rings is 1. The van der Waals surface area contributed by atoms with Gasteiger partial charge in [0.1, 0.15) is 0 Å². The van der Waals surface area contributed by atoms with E-state index in [1.54, 1.807) is 12.4 Å². The van der Waals surface area contributed by atoms with E-state index >= 15 is 0 Å². The molecule has 0 atom stereocenters. The maximum absolute atomic E-state index is 11.0. The zero-order valence-electron chi connectivity index (χ0n) is 10.8. The Hall–Kier alpha value is -1.62. The number of hydrogen-bond acceptors (Lipinski definition) is 3. The summed E-state index contributed by atoms with van der Waals surface area (Å²) in [5.74, 6) is -0.897. The second-order valence-corrected chi connectivity index (χ2v) is 4.25. The summed E-state index contributed by atoms with van der Waals surface area (Å²) in [6.45, 7) is 3.52. The van der Waals surface area contributed by atoms with Crippen molar-refractivity contribution in [2.24, 2.45) is 5.73 Å². The minimum Gasteiger partial charge on any atom is -0.478 e. The molecule has 3 N–H and O–H groups in total. The average Bonchev–Trinajstić information content (AvgIpc) is 2.79. The van der Waals surface area contributed by atoms with Gasteiger partial charge in [-0.05, 0) is 19.4 Å². The number of aromatic nitrogens is 2. The molecule has 1 rings (SSSR count). The summed E-state index contributed by atoms with van der Waals surface area (Å²) in [6.07, 6.45) is 8.51. The molecular formula is C13H21N3O2. The lowest BCUT2D eigenvalue weighted by atomic mass is 10.1. The number of unbranched alkanes of at least 4 members (excludes halogenated alkanes) is 1. The summed E-state index contributed by atoms with van der Waals surface area (Å²) in [7, 11) is 0. The Balaban J connectivity index is 2.63. The Morgan fingerprint density at radius 3 is 3.00 bits per heavy atom. The quantitative estimate of drug-likeness (QED) is 0.687. The van der Waals surface area contributed by atoms with Crippen LogP contribution in [0.4, 0.5) is 0 Å². The molecule has 100 valence electrons. The van der Waals surface area contributed by atoms with Crippen molar-refractivity contribution in [2.75, 3.05) is 6.54 Å². The maximum atomic E-state index is 11.0. The average molecular weight is 251 g/mol. The highest BCUT2D eigenvalue weighted by atomic mass is 16.4. The zero-order valence-corrected chi connectivity index (χ0v) is 10.8. The van der Waals surface area contributed by atoms with Gasteiger partial charge in [0.2, 0.25) is 0 Å². The van der Waals surface area contributed by atoms with E-state index < -0.39 is 5.97 Å². The molecule has 1 heterocycles. The second-order valence-electron chi connectivity index (χ2n) is 4.25. The van der Waals surface area contributed by atoms with Crippen molar-refractivity contribution in [3.05, 3.63) is 29.9 Å². The number of carboxylic acids is 1. The lowest BCUT2D eigenvalue weighted by Gasteiger charge is -2.00. The number of aliphatic carboxylic acids is 1. The van der Waals surface area contributed by atoms with E-state index in [0.717, 1.165) is 25.1 Å². The number of carbonyl (C=O) groups is 1. The molecule has 1 aromatic rings. The molecule has 0 aliphatic carbocycles. The van der Waals surface area contributed by atoms with Crippen LogP contribution in [0.1, 0.15) is 31.9 Å². The van der Waals surface area contributed by atoms with E-state index in [1.165, 1.54) is 0 Å². The molecule has 1 aromatic heterocycles. The third-order valence-corrected chi connectivity index (χ3v) is 2.66. The Kier molecular flexibility index (Phi) is 6.14. The van der Waals surface area contributed by atoms with Crippen LogP contribution < -0.4 is 5.73 Å². The lowest BCUT2D eigenvalue weighted by Crippen LogP contribution is -2.06. The van der Waals surface area contributed by atoms with Crippen LogP contribution in [-0.4, -0.2) is 27.2 Å². The summed E-state index contributed by atoms with van der Waals surface area (Å²) < 4.78 is 2.00. The topological polar surface area (TPSA) is 81.1 Å². The standard InChI is InChI=1S/C13H21N3O2/c1-2-3-7-16-9-12(15-10-16)8-11(13(17)18)5-4-6-14/h5,9-10H,2-4,6-8,14H2,1H3,(H,17,18)/b11-5-. The minimum absolute atomic E-state index is 0.356. The molecule has 5 heteroatoms. The van der Waals surface area contributed by atoms with Gasteiger partial charge in [-0.2, -0.15) is 0 Å². The van der Waals surface area contributed by atoms with Crippen LogP contribution in [0.3, 0.4) is 0 Å². The van der Waals surface area contributed by atoms with Crippen LogP contribution in [0.2, 0.25) is 0 Å². The molecule has 0 aromatic carbocycles. The van der Waals surface area contributed by atoms with Gasteiger partial charge < -0.3 is 15.4 Å². The number of aryl methyl sites for hydroxylation is 1. The molecule has 0 aliphatic heterocycles. The number of nitrogens with two attached hydrogens (primary N) is 1. The molecule has 0 unspecified atom stereocenters. The first-order valence-electron chi connectivity index (χ1n) is 6.30. The van der Waals surface area contributed by atoms with Gasteiger partial charge in [0.15, 0.2) is 0 Å². The normalized spacial score (nSPS) is 11.8. The fourth-order valence-electron chi connectivity index (χ4n) is 1.65. The van der Waals surface area contributed by atoms with Crippen LogP contribution in [0.5, 0.6) is 0 Å². The van der Waals surface area contributed by atoms with Crippen LogP contribution in [-0.2, 0) is 17.8 Å². The molecule has 5 nitrogen and oxygen atoms in total. The Labute approximate surface area is 107 Å². The van der Waals surface area contributed by atoms with Crippen molar-refractivity contribution in [1.82, 2.24) is 9.55 Å². The molecule has 0 radical (unpaired) electrons. The van der Waals surface area contributed by atoms with Crippen LogP contribution in [0, 0.1) is 0 Å². The van der Waals surface area contributed by atoms with Crippen molar-refractivity contribution in [3.63, 3.8) is 0 Å². The third kappa shape index (κ3) is 4.71. The van der Waals surface area contributed by atoms with E-state index in [0.29, 0.717) is 25.0 Å². The van der Waals surface area contributed by atoms with E-state index in [4.69, 9.17) is 10.8 Å². The van der Waals surface area contributed by atoms with Crippen molar-refractivity contribution >= 4 is 5.97 Å². The smallest absolute Gasteiger partial charge is 0.331 e. The van der Waals surface area contributed by atoms with Gasteiger partial charge in [-0.1, -0.05) is 19.4 Å². The van der Waals surface area contributed by atoms with Crippen molar-refractivity contribution < 1.29 is 9.90 Å². The minimum atomic E-state index is -0.897. The van der Waals surface area contributed by atoms with Crippen LogP contribution in [0.15, 0.2) is 24.2 Å². The van der Waals surface area contributed by atoms with Crippen molar-refractivity contribution in [1.29, 1.82) is 0 Å². The maximum Gasteiger partial charge on any atom is 0.331 e. The highest BCUT2D eigenvalue weighted by Gasteiger charge is 2.09. The van der Waals surface area contributed by atoms with Gasteiger partial charge in [0.05, 0.1) is 12.0 Å². The molecule has 0 amide bonds. The zero-order chi connectivity index (χ0) is 13.4. The van der Waals surface area contributed by atoms with Crippen molar-refractivity contribution in [3.8, 4) is 0 Å². The fraction of sp³-hybridized carbons (Fsp3) is 0.538. The summed E-state index contributed by atoms with van der Waals surface area (Å²) >= 11 is 0. The Morgan fingerprint density at radius 1 is 1.61 bits per heavy atom. The summed E-state index contributed by atoms with van der Waals surface area (Å²) in [5, 5.41) is 9.07. The fourth-order valence-corrected chi connectivity index (χ4v) is 1.65. The van der Waals surface area contributed by atoms with Crippen LogP contribution in [0.25, 0.3) is 0 Å². The van der Waals surface area contributed by atoms with Gasteiger partial charge in [0, 0.05) is 24.7 Å². The predicted octanol–water partition coefficient (Wildman–Crippen LogP) is 1.59. The van der Waals surface area contributed by atoms with Gasteiger partial charge in [-0.3, -0.25) is 0 Å². The summed E-state index contributed by atoms with van der Waals surface area (Å²) in [4.78, 5) is 15.3. The number of hydrogen-bond donors (Lipinski definition) is 2. The molecule has 0 saturated heterocycles. The highest BCUT2D eigenvalue weighted by Crippen LogP contribution is 2.08. The van der Waals surface area contributed by atoms with Gasteiger partial charge in [-0.15, -0.1) is 0 Å². The molecular weight excluding hydrogens is 230 g/mol. The summed E-state index contributed by atoms with van der Waals surface area (Å²) in [6, 6.07) is 0. The molecule has 0 fully saturated rings. The number of rotatable bonds is 8. The summed E-state index contributed by atoms with van der Waals surface area (Å²) in [5.41, 5.74) is 6.52. The predicted molar refractivity (Wildman–Crippen MR) is 70.2 cm³/mol. The van der Waals surface area contributed by atoms with Crippen LogP contribution >= 0.6 is 0 Å². The SMILES string of the molecule is CCCCn1cnc(C/C(=C/CCN)C(=O)O)c1. The third-order valence-electron chi connectivity index (χ3n) is 2.66. The molecule has 0 bridgehead atoms. The lowest BCUT2D eigenvalue weighted by molar-refractivity contribution is -0.132. The van der Waals surface area contributed by atoms with E-state index in [1.807, 2.05) is 10.8 Å². The largest absolute Gasteiger partial charge is 0.478 e. The van der Waals surface area contributed by atoms with E-state index in [2.05, 4.69) is 11.9 Å². The molecule has 0 spiro atoms. The molecule has 0 aliphatic rings. The van der Waals surface area contributed by atoms with Crippen molar-refractivity contribution in [2.45, 2.75) is 39.2 Å². The first-order valence-corrected chi connectivity index (χ1v) is 6.30. The monoisotopic (exact) mass is 251 g/mol. The number of carboxylic acid groups (broad SMARTS) is 1. The molecule has 18 heavy (non-hydrogen) atoms. The van der Waals surface area contributed by atoms with E-state index in [9.17, 15) is 4.79 Å². The van der Waals surface area contributed by atoms with E-state index in [-0.39, 0.29) is 0 Å². The van der Waals surface area contributed by atoms with Gasteiger partial charge in [-0.25, -0.2) is 9.78 Å². The first-order chi connectivity index (χ1) is 8.67. The first kappa shape index (κ1) is 14.4. The Morgan fingerprint density at radius 2 is 2.39 bits per heavy atom. The second kappa shape index (κ2) is 7.66. The Bertz CT molecular complexity index is 410. The number of nitrogens with zero attached hydrogens (tertiary/aromatic N) is 2. The highest BCUT2D eigenvalue weighted by molar-refractivity contribution is 5.86. The van der Waals surface area contributed by atoms with Gasteiger partial charge in [0.25, 0.3) is 0 Å². The van der Waals surface area contributed by atoms with Gasteiger partial charge >= 0.3 is 5.97 Å².